The molecule has 0 atom stereocenters. The van der Waals surface area contributed by atoms with Gasteiger partial charge in [0.25, 0.3) is 0 Å². The van der Waals surface area contributed by atoms with E-state index in [9.17, 15) is 0 Å². The Morgan fingerprint density at radius 1 is 0.333 bits per heavy atom. The van der Waals surface area contributed by atoms with Crippen LogP contribution in [0.25, 0.3) is 109 Å². The predicted molar refractivity (Wildman–Crippen MR) is 311 cm³/mol. The smallest absolute Gasteiger partial charge is 0.0617 e. The summed E-state index contributed by atoms with van der Waals surface area (Å²) in [7, 11) is 0. The van der Waals surface area contributed by atoms with E-state index in [2.05, 4.69) is 214 Å². The second kappa shape index (κ2) is 17.2. The van der Waals surface area contributed by atoms with Crippen molar-refractivity contribution in [3.05, 3.63) is 259 Å². The molecule has 0 saturated heterocycles. The molecule has 1 aliphatic rings. The van der Waals surface area contributed by atoms with E-state index >= 15 is 0 Å². The molecular formula is C70H52N2. The molecular weight excluding hydrogens is 869 g/mol. The van der Waals surface area contributed by atoms with Crippen LogP contribution < -0.4 is 11.1 Å². The lowest BCUT2D eigenvalue weighted by molar-refractivity contribution is 0.661. The highest BCUT2D eigenvalue weighted by molar-refractivity contribution is 6.29. The lowest BCUT2D eigenvalue weighted by atomic mass is 9.78. The SMILES string of the molecule is Cc1ccc(-c2ccc3c(c2)C(C)(C)c2cc4c(-c5cc6ccccc6c6ccccc56)c5ccccc5c(-c5cc6ccccc6c6ccccc56)c4cc2-3)cc1.Nc1ccccc1Nc1ccccc1. The Hall–Kier alpha value is -8.98. The summed E-state index contributed by atoms with van der Waals surface area (Å²) in [6, 6.07) is 88.7. The largest absolute Gasteiger partial charge is 0.397 e. The van der Waals surface area contributed by atoms with E-state index in [1.54, 1.807) is 0 Å². The molecule has 342 valence electrons. The Morgan fingerprint density at radius 2 is 0.792 bits per heavy atom. The van der Waals surface area contributed by atoms with Crippen LogP contribution in [-0.2, 0) is 5.41 Å². The van der Waals surface area contributed by atoms with Crippen molar-refractivity contribution in [2.75, 3.05) is 11.1 Å². The standard InChI is InChI=1S/C58H40.C12H12N2/c1-35-24-26-36(27-25-35)37-28-29-46-49-33-52-53(34-55(49)58(2,3)54(46)32-37)57(51-31-39-15-5-7-17-41(39)43-19-9-11-21-45(43)51)48-23-13-12-22-47(48)56(52)50-30-38-14-4-6-16-40(38)42-18-8-10-20-44(42)50;13-11-8-4-5-9-12(11)14-10-6-2-1-3-7-10/h4-34H,1-3H3;1-9,14H,13H2. The number of fused-ring (bicyclic) bond motifs is 11. The lowest BCUT2D eigenvalue weighted by Crippen LogP contribution is -2.15. The molecule has 2 heteroatoms. The first-order valence-corrected chi connectivity index (χ1v) is 25.0. The molecule has 13 aromatic carbocycles. The number of aryl methyl sites for hydroxylation is 1. The Balaban J connectivity index is 0.000000311. The van der Waals surface area contributed by atoms with E-state index in [0.717, 1.165) is 17.1 Å². The molecule has 72 heavy (non-hydrogen) atoms. The molecule has 0 fully saturated rings. The van der Waals surface area contributed by atoms with E-state index in [0.29, 0.717) is 0 Å². The van der Waals surface area contributed by atoms with Crippen molar-refractivity contribution in [1.82, 2.24) is 0 Å². The number of nitrogens with two attached hydrogens (primary N) is 1. The summed E-state index contributed by atoms with van der Waals surface area (Å²) in [5.41, 5.74) is 22.7. The number of nitrogens with one attached hydrogen (secondary N) is 1. The number of hydrogen-bond acceptors (Lipinski definition) is 2. The minimum Gasteiger partial charge on any atom is -0.397 e. The zero-order valence-corrected chi connectivity index (χ0v) is 40.7. The molecule has 13 aromatic rings. The van der Waals surface area contributed by atoms with Gasteiger partial charge < -0.3 is 11.1 Å². The molecule has 2 nitrogen and oxygen atoms in total. The van der Waals surface area contributed by atoms with E-state index in [1.165, 1.54) is 126 Å². The monoisotopic (exact) mass is 920 g/mol. The lowest BCUT2D eigenvalue weighted by Gasteiger charge is -2.25. The maximum atomic E-state index is 5.81. The molecule has 1 aliphatic carbocycles. The van der Waals surface area contributed by atoms with Crippen LogP contribution in [0, 0.1) is 6.92 Å². The van der Waals surface area contributed by atoms with Crippen LogP contribution in [0.5, 0.6) is 0 Å². The van der Waals surface area contributed by atoms with Crippen LogP contribution in [0.1, 0.15) is 30.5 Å². The first-order valence-electron chi connectivity index (χ1n) is 25.0. The molecule has 0 saturated carbocycles. The summed E-state index contributed by atoms with van der Waals surface area (Å²) in [6.45, 7) is 7.00. The highest BCUT2D eigenvalue weighted by Gasteiger charge is 2.37. The number of hydrogen-bond donors (Lipinski definition) is 2. The Labute approximate surface area is 420 Å². The summed E-state index contributed by atoms with van der Waals surface area (Å²) in [6.07, 6.45) is 0. The second-order valence-electron chi connectivity index (χ2n) is 20.0. The number of nitrogen functional groups attached to an aromatic ring is 1. The molecule has 0 aromatic heterocycles. The fourth-order valence-corrected chi connectivity index (χ4v) is 11.7. The van der Waals surface area contributed by atoms with Crippen LogP contribution in [0.15, 0.2) is 243 Å². The second-order valence-corrected chi connectivity index (χ2v) is 20.0. The average molecular weight is 921 g/mol. The number of anilines is 3. The van der Waals surface area contributed by atoms with Crippen molar-refractivity contribution in [3.8, 4) is 44.5 Å². The van der Waals surface area contributed by atoms with Gasteiger partial charge in [-0.3, -0.25) is 0 Å². The van der Waals surface area contributed by atoms with Gasteiger partial charge in [-0.1, -0.05) is 207 Å². The molecule has 0 unspecified atom stereocenters. The first kappa shape index (κ1) is 43.1. The van der Waals surface area contributed by atoms with Gasteiger partial charge in [0.15, 0.2) is 0 Å². The van der Waals surface area contributed by atoms with Crippen LogP contribution in [0.2, 0.25) is 0 Å². The van der Waals surface area contributed by atoms with Crippen molar-refractivity contribution in [2.45, 2.75) is 26.2 Å². The summed E-state index contributed by atoms with van der Waals surface area (Å²) in [4.78, 5) is 0. The van der Waals surface area contributed by atoms with E-state index < -0.39 is 0 Å². The minimum atomic E-state index is -0.205. The molecule has 0 bridgehead atoms. The van der Waals surface area contributed by atoms with E-state index in [-0.39, 0.29) is 5.41 Å². The molecule has 14 rings (SSSR count). The van der Waals surface area contributed by atoms with Gasteiger partial charge in [0.2, 0.25) is 0 Å². The van der Waals surface area contributed by atoms with Gasteiger partial charge in [0, 0.05) is 11.1 Å². The first-order chi connectivity index (χ1) is 35.3. The molecule has 3 N–H and O–H groups in total. The maximum Gasteiger partial charge on any atom is 0.0617 e. The van der Waals surface area contributed by atoms with Crippen molar-refractivity contribution in [2.24, 2.45) is 0 Å². The van der Waals surface area contributed by atoms with Crippen LogP contribution in [-0.4, -0.2) is 0 Å². The molecule has 0 amide bonds. The fourth-order valence-electron chi connectivity index (χ4n) is 11.7. The maximum absolute atomic E-state index is 5.81. The summed E-state index contributed by atoms with van der Waals surface area (Å²) < 4.78 is 0. The van der Waals surface area contributed by atoms with Crippen LogP contribution in [0.3, 0.4) is 0 Å². The Morgan fingerprint density at radius 3 is 1.38 bits per heavy atom. The van der Waals surface area contributed by atoms with Gasteiger partial charge >= 0.3 is 0 Å². The number of rotatable bonds is 5. The Kier molecular flexibility index (Phi) is 10.3. The van der Waals surface area contributed by atoms with Crippen molar-refractivity contribution >= 4 is 81.7 Å². The third kappa shape index (κ3) is 7.09. The normalized spacial score (nSPS) is 12.5. The fraction of sp³-hybridized carbons (Fsp3) is 0.0571. The average Bonchev–Trinajstić information content (AvgIpc) is 3.64. The van der Waals surface area contributed by atoms with E-state index in [4.69, 9.17) is 5.73 Å². The van der Waals surface area contributed by atoms with Crippen molar-refractivity contribution < 1.29 is 0 Å². The van der Waals surface area contributed by atoms with Crippen molar-refractivity contribution in [3.63, 3.8) is 0 Å². The molecule has 0 heterocycles. The number of para-hydroxylation sites is 3. The van der Waals surface area contributed by atoms with Gasteiger partial charge in [0.05, 0.1) is 11.4 Å². The van der Waals surface area contributed by atoms with Crippen molar-refractivity contribution in [1.29, 1.82) is 0 Å². The Bertz CT molecular complexity index is 4280. The highest BCUT2D eigenvalue weighted by Crippen LogP contribution is 2.55. The van der Waals surface area contributed by atoms with Gasteiger partial charge in [-0.2, -0.15) is 0 Å². The summed E-state index contributed by atoms with van der Waals surface area (Å²) in [5.74, 6) is 0. The minimum absolute atomic E-state index is 0.205. The summed E-state index contributed by atoms with van der Waals surface area (Å²) >= 11 is 0. The molecule has 0 aliphatic heterocycles. The van der Waals surface area contributed by atoms with Crippen LogP contribution in [0.4, 0.5) is 17.1 Å². The third-order valence-electron chi connectivity index (χ3n) is 15.3. The zero-order chi connectivity index (χ0) is 48.5. The van der Waals surface area contributed by atoms with Gasteiger partial charge in [-0.25, -0.2) is 0 Å². The summed E-state index contributed by atoms with van der Waals surface area (Å²) in [5, 5.41) is 18.6. The predicted octanol–water partition coefficient (Wildman–Crippen LogP) is 19.2. The quantitative estimate of drug-likeness (QED) is 0.103. The zero-order valence-electron chi connectivity index (χ0n) is 40.7. The number of benzene rings is 13. The molecule has 0 radical (unpaired) electrons. The van der Waals surface area contributed by atoms with Gasteiger partial charge in [-0.05, 0) is 182 Å². The third-order valence-corrected chi connectivity index (χ3v) is 15.3. The highest BCUT2D eigenvalue weighted by atomic mass is 14.9. The topological polar surface area (TPSA) is 38.0 Å². The van der Waals surface area contributed by atoms with Gasteiger partial charge in [0.1, 0.15) is 0 Å². The van der Waals surface area contributed by atoms with Crippen LogP contribution >= 0.6 is 0 Å². The molecule has 0 spiro atoms. The van der Waals surface area contributed by atoms with Gasteiger partial charge in [-0.15, -0.1) is 0 Å². The van der Waals surface area contributed by atoms with E-state index in [1.807, 2.05) is 54.6 Å².